The monoisotopic (exact) mass is 342 g/mol. The number of nitro groups is 1. The van der Waals surface area contributed by atoms with Gasteiger partial charge in [0, 0.05) is 41.5 Å². The quantitative estimate of drug-likeness (QED) is 0.442. The van der Waals surface area contributed by atoms with Crippen LogP contribution in [-0.4, -0.2) is 24.7 Å². The highest BCUT2D eigenvalue weighted by Crippen LogP contribution is 2.30. The van der Waals surface area contributed by atoms with Gasteiger partial charge in [-0.15, -0.1) is 0 Å². The number of hydrogen-bond donors (Lipinski definition) is 1. The van der Waals surface area contributed by atoms with Gasteiger partial charge in [-0.05, 0) is 54.1 Å². The average Bonchev–Trinajstić information content (AvgIpc) is 3.20. The third-order valence-electron chi connectivity index (χ3n) is 3.31. The second kappa shape index (κ2) is 7.04. The molecule has 20 heavy (non-hydrogen) atoms. The van der Waals surface area contributed by atoms with E-state index in [1.54, 1.807) is 19.1 Å². The van der Waals surface area contributed by atoms with Gasteiger partial charge >= 0.3 is 0 Å². The molecule has 0 unspecified atom stereocenters. The number of hydrogen-bond acceptors (Lipinski definition) is 4. The highest BCUT2D eigenvalue weighted by Gasteiger charge is 2.20. The van der Waals surface area contributed by atoms with Crippen LogP contribution in [0.5, 0.6) is 0 Å². The lowest BCUT2D eigenvalue weighted by Crippen LogP contribution is -2.07. The standard InChI is InChI=1S/C14H19BrN2O3/c1-10-7-13(12(15)8-14(10)17(18)19)16-5-2-6-20-9-11-3-4-11/h7-8,11,16H,2-6,9H2,1H3. The number of anilines is 1. The Morgan fingerprint density at radius 3 is 2.90 bits per heavy atom. The Bertz CT molecular complexity index is 490. The number of benzene rings is 1. The molecular formula is C14H19BrN2O3. The summed E-state index contributed by atoms with van der Waals surface area (Å²) in [5.41, 5.74) is 1.68. The molecule has 1 aliphatic rings. The molecule has 6 heteroatoms. The Labute approximate surface area is 127 Å². The lowest BCUT2D eigenvalue weighted by molar-refractivity contribution is -0.385. The molecule has 1 saturated carbocycles. The highest BCUT2D eigenvalue weighted by molar-refractivity contribution is 9.10. The van der Waals surface area contributed by atoms with E-state index in [-0.39, 0.29) is 10.6 Å². The summed E-state index contributed by atoms with van der Waals surface area (Å²) in [6.45, 7) is 4.18. The maximum absolute atomic E-state index is 10.8. The fourth-order valence-electron chi connectivity index (χ4n) is 1.93. The van der Waals surface area contributed by atoms with Crippen LogP contribution in [0.2, 0.25) is 0 Å². The lowest BCUT2D eigenvalue weighted by atomic mass is 10.2. The smallest absolute Gasteiger partial charge is 0.273 e. The van der Waals surface area contributed by atoms with Crippen LogP contribution in [0, 0.1) is 23.0 Å². The molecule has 0 amide bonds. The SMILES string of the molecule is Cc1cc(NCCCOCC2CC2)c(Br)cc1[N+](=O)[O-]. The van der Waals surface area contributed by atoms with Crippen molar-refractivity contribution in [1.29, 1.82) is 0 Å². The number of ether oxygens (including phenoxy) is 1. The van der Waals surface area contributed by atoms with Crippen molar-refractivity contribution in [2.45, 2.75) is 26.2 Å². The van der Waals surface area contributed by atoms with Gasteiger partial charge in [-0.3, -0.25) is 10.1 Å². The minimum absolute atomic E-state index is 0.134. The van der Waals surface area contributed by atoms with Gasteiger partial charge in [0.1, 0.15) is 0 Å². The molecule has 5 nitrogen and oxygen atoms in total. The molecule has 1 N–H and O–H groups in total. The molecule has 0 heterocycles. The van der Waals surface area contributed by atoms with Gasteiger partial charge in [0.2, 0.25) is 0 Å². The highest BCUT2D eigenvalue weighted by atomic mass is 79.9. The van der Waals surface area contributed by atoms with E-state index < -0.39 is 0 Å². The molecule has 0 saturated heterocycles. The van der Waals surface area contributed by atoms with Crippen molar-refractivity contribution in [2.75, 3.05) is 25.1 Å². The first kappa shape index (κ1) is 15.3. The van der Waals surface area contributed by atoms with Crippen molar-refractivity contribution in [3.8, 4) is 0 Å². The van der Waals surface area contributed by atoms with Crippen LogP contribution >= 0.6 is 15.9 Å². The summed E-state index contributed by atoms with van der Waals surface area (Å²) in [6.07, 6.45) is 3.55. The number of nitro benzene ring substituents is 1. The van der Waals surface area contributed by atoms with Crippen molar-refractivity contribution in [3.05, 3.63) is 32.3 Å². The molecule has 2 rings (SSSR count). The zero-order valence-corrected chi connectivity index (χ0v) is 13.1. The molecule has 0 aliphatic heterocycles. The van der Waals surface area contributed by atoms with Crippen molar-refractivity contribution >= 4 is 27.3 Å². The normalized spacial score (nSPS) is 14.3. The summed E-state index contributed by atoms with van der Waals surface area (Å²) >= 11 is 3.36. The topological polar surface area (TPSA) is 64.4 Å². The van der Waals surface area contributed by atoms with E-state index in [0.717, 1.165) is 37.8 Å². The predicted molar refractivity (Wildman–Crippen MR) is 82.2 cm³/mol. The third-order valence-corrected chi connectivity index (χ3v) is 3.97. The van der Waals surface area contributed by atoms with E-state index in [0.29, 0.717) is 10.0 Å². The number of nitrogens with zero attached hydrogens (tertiary/aromatic N) is 1. The van der Waals surface area contributed by atoms with Crippen molar-refractivity contribution in [3.63, 3.8) is 0 Å². The van der Waals surface area contributed by atoms with Gasteiger partial charge in [-0.2, -0.15) is 0 Å². The van der Waals surface area contributed by atoms with E-state index in [1.165, 1.54) is 12.8 Å². The van der Waals surface area contributed by atoms with Crippen LogP contribution in [0.1, 0.15) is 24.8 Å². The fraction of sp³-hybridized carbons (Fsp3) is 0.571. The van der Waals surface area contributed by atoms with Gasteiger partial charge in [0.25, 0.3) is 5.69 Å². The summed E-state index contributed by atoms with van der Waals surface area (Å²) < 4.78 is 6.28. The van der Waals surface area contributed by atoms with E-state index in [4.69, 9.17) is 4.74 Å². The first-order valence-electron chi connectivity index (χ1n) is 6.84. The molecule has 1 aromatic rings. The zero-order valence-electron chi connectivity index (χ0n) is 11.5. The summed E-state index contributed by atoms with van der Waals surface area (Å²) in [7, 11) is 0. The lowest BCUT2D eigenvalue weighted by Gasteiger charge is -2.10. The molecular weight excluding hydrogens is 324 g/mol. The first-order valence-corrected chi connectivity index (χ1v) is 7.63. The van der Waals surface area contributed by atoms with E-state index in [1.807, 2.05) is 0 Å². The average molecular weight is 343 g/mol. The molecule has 110 valence electrons. The number of aryl methyl sites for hydroxylation is 1. The van der Waals surface area contributed by atoms with Crippen LogP contribution in [-0.2, 0) is 4.74 Å². The van der Waals surface area contributed by atoms with E-state index >= 15 is 0 Å². The molecule has 0 bridgehead atoms. The summed E-state index contributed by atoms with van der Waals surface area (Å²) in [4.78, 5) is 10.5. The van der Waals surface area contributed by atoms with Gasteiger partial charge < -0.3 is 10.1 Å². The van der Waals surface area contributed by atoms with Crippen molar-refractivity contribution in [1.82, 2.24) is 0 Å². The van der Waals surface area contributed by atoms with Gasteiger partial charge in [-0.25, -0.2) is 0 Å². The van der Waals surface area contributed by atoms with Gasteiger partial charge in [-0.1, -0.05) is 0 Å². The Balaban J connectivity index is 1.76. The fourth-order valence-corrected chi connectivity index (χ4v) is 2.41. The molecule has 0 atom stereocenters. The molecule has 0 aromatic heterocycles. The molecule has 1 aromatic carbocycles. The van der Waals surface area contributed by atoms with Crippen molar-refractivity contribution < 1.29 is 9.66 Å². The van der Waals surface area contributed by atoms with E-state index in [9.17, 15) is 10.1 Å². The maximum atomic E-state index is 10.8. The Morgan fingerprint density at radius 2 is 2.25 bits per heavy atom. The third kappa shape index (κ3) is 4.45. The Kier molecular flexibility index (Phi) is 5.37. The predicted octanol–water partition coefficient (Wildman–Crippen LogP) is 3.89. The van der Waals surface area contributed by atoms with Crippen LogP contribution in [0.3, 0.4) is 0 Å². The van der Waals surface area contributed by atoms with Crippen LogP contribution in [0.15, 0.2) is 16.6 Å². The van der Waals surface area contributed by atoms with Gasteiger partial charge in [0.05, 0.1) is 4.92 Å². The second-order valence-electron chi connectivity index (χ2n) is 5.17. The van der Waals surface area contributed by atoms with Crippen molar-refractivity contribution in [2.24, 2.45) is 5.92 Å². The van der Waals surface area contributed by atoms with E-state index in [2.05, 4.69) is 21.2 Å². The Hall–Kier alpha value is -1.14. The first-order chi connectivity index (χ1) is 9.58. The molecule has 1 aliphatic carbocycles. The largest absolute Gasteiger partial charge is 0.384 e. The Morgan fingerprint density at radius 1 is 1.50 bits per heavy atom. The second-order valence-corrected chi connectivity index (χ2v) is 6.03. The summed E-state index contributed by atoms with van der Waals surface area (Å²) in [5.74, 6) is 0.800. The minimum Gasteiger partial charge on any atom is -0.384 e. The molecule has 0 radical (unpaired) electrons. The summed E-state index contributed by atoms with van der Waals surface area (Å²) in [6, 6.07) is 3.34. The summed E-state index contributed by atoms with van der Waals surface area (Å²) in [5, 5.41) is 14.1. The minimum atomic E-state index is -0.365. The maximum Gasteiger partial charge on any atom is 0.273 e. The number of rotatable bonds is 8. The number of nitrogens with one attached hydrogen (secondary N) is 1. The molecule has 1 fully saturated rings. The van der Waals surface area contributed by atoms with Crippen LogP contribution in [0.25, 0.3) is 0 Å². The van der Waals surface area contributed by atoms with Gasteiger partial charge in [0.15, 0.2) is 0 Å². The molecule has 0 spiro atoms. The van der Waals surface area contributed by atoms with Crippen LogP contribution < -0.4 is 5.32 Å². The van der Waals surface area contributed by atoms with Crippen LogP contribution in [0.4, 0.5) is 11.4 Å². The number of halogens is 1. The zero-order chi connectivity index (χ0) is 14.5.